The fourth-order valence-electron chi connectivity index (χ4n) is 6.84. The molecule has 2 aliphatic heterocycles. The summed E-state index contributed by atoms with van der Waals surface area (Å²) in [7, 11) is 3.95. The van der Waals surface area contributed by atoms with Crippen molar-refractivity contribution in [1.82, 2.24) is 19.6 Å². The van der Waals surface area contributed by atoms with Crippen LogP contribution in [0.3, 0.4) is 0 Å². The average molecular weight is 1180 g/mol. The third-order valence-electron chi connectivity index (χ3n) is 9.78. The summed E-state index contributed by atoms with van der Waals surface area (Å²) in [6, 6.07) is 69.8. The van der Waals surface area contributed by atoms with Crippen molar-refractivity contribution in [3.63, 3.8) is 0 Å². The molecule has 0 unspecified atom stereocenters. The third kappa shape index (κ3) is 11.5. The maximum Gasteiger partial charge on any atom is 0.0430 e. The predicted molar refractivity (Wildman–Crippen MR) is 248 cm³/mol. The molecule has 4 heterocycles. The van der Waals surface area contributed by atoms with E-state index in [0.717, 1.165) is 39.4 Å². The molecule has 0 amide bonds. The molecule has 10 heteroatoms. The smallest absolute Gasteiger partial charge is 0.0430 e. The fraction of sp³-hybridized carbons (Fsp3) is 0.0566. The van der Waals surface area contributed by atoms with Gasteiger partial charge in [-0.25, -0.2) is 0 Å². The van der Waals surface area contributed by atoms with Crippen molar-refractivity contribution >= 4 is 39.8 Å². The van der Waals surface area contributed by atoms with Gasteiger partial charge in [0.15, 0.2) is 0 Å². The Balaban J connectivity index is 0.000000142. The molecule has 2 aliphatic rings. The van der Waals surface area contributed by atoms with E-state index in [2.05, 4.69) is 160 Å². The van der Waals surface area contributed by atoms with Gasteiger partial charge in [-0.05, 0) is 61.8 Å². The largest absolute Gasteiger partial charge is 0.504 e. The molecular weight excluding hydrogens is 1140 g/mol. The van der Waals surface area contributed by atoms with E-state index in [0.29, 0.717) is 0 Å². The summed E-state index contributed by atoms with van der Waals surface area (Å²) >= 11 is 0. The van der Waals surface area contributed by atoms with Crippen LogP contribution in [0.15, 0.2) is 200 Å². The average Bonchev–Trinajstić information content (AvgIpc) is 4.14. The van der Waals surface area contributed by atoms with Crippen molar-refractivity contribution in [3.05, 3.63) is 244 Å². The summed E-state index contributed by atoms with van der Waals surface area (Å²) in [5.41, 5.74) is 12.4. The van der Waals surface area contributed by atoms with Crippen molar-refractivity contribution < 1.29 is 42.1 Å². The Morgan fingerprint density at radius 2 is 0.921 bits per heavy atom. The minimum Gasteiger partial charge on any atom is -0.504 e. The molecule has 0 spiro atoms. The molecule has 0 atom stereocenters. The van der Waals surface area contributed by atoms with Crippen LogP contribution in [0.5, 0.6) is 0 Å². The number of aryl methyl sites for hydroxylation is 2. The van der Waals surface area contributed by atoms with Gasteiger partial charge in [-0.1, -0.05) is 92.0 Å². The molecule has 0 fully saturated rings. The van der Waals surface area contributed by atoms with Crippen molar-refractivity contribution in [1.29, 1.82) is 0 Å². The number of rotatable bonds is 5. The van der Waals surface area contributed by atoms with Gasteiger partial charge in [-0.15, -0.1) is 53.7 Å². The van der Waals surface area contributed by atoms with E-state index in [1.807, 2.05) is 134 Å². The number of hydrogen-bond acceptors (Lipinski definition) is 6. The Morgan fingerprint density at radius 3 is 1.43 bits per heavy atom. The number of anilines is 7. The molecule has 0 aliphatic carbocycles. The zero-order valence-corrected chi connectivity index (χ0v) is 39.5. The summed E-state index contributed by atoms with van der Waals surface area (Å²) in [6.07, 6.45) is 9.72. The van der Waals surface area contributed by atoms with Gasteiger partial charge >= 0.3 is 0 Å². The monoisotopic (exact) mass is 1180 g/mol. The van der Waals surface area contributed by atoms with Crippen molar-refractivity contribution in [3.8, 4) is 16.8 Å². The molecule has 322 valence electrons. The first-order valence-corrected chi connectivity index (χ1v) is 19.9. The standard InChI is InChI=1S/C19H14N2.C14H12N2.2C10H9N2.2Pt/c1-3-9-16(10-4-1)20-15-21(17-11-5-2-6-12-17)19-14-8-7-13-18(19)20;1-15-11-16(12-7-3-2-4-8-12)14-10-6-5-9-13(14)15;1-12-8-10(7-11-12)9-5-3-2-4-6-9;1-9-7-11-12(8-9)10-5-3-2-4-6-10;;/h1-11,13-15H;2-7,9-11H,1H3;2*2-6,8H,1H3;;/q2*-2;2*-1;;. The molecule has 63 heavy (non-hydrogen) atoms. The maximum absolute atomic E-state index is 4.08. The Labute approximate surface area is 400 Å². The number of para-hydroxylation sites is 8. The molecule has 0 bridgehead atoms. The number of nitrogens with zero attached hydrogens (tertiary/aromatic N) is 8. The molecule has 8 nitrogen and oxygen atoms in total. The van der Waals surface area contributed by atoms with E-state index in [-0.39, 0.29) is 42.1 Å². The zero-order valence-electron chi connectivity index (χ0n) is 34.9. The van der Waals surface area contributed by atoms with Crippen LogP contribution in [0.25, 0.3) is 16.8 Å². The summed E-state index contributed by atoms with van der Waals surface area (Å²) in [5, 5.41) is 8.06. The van der Waals surface area contributed by atoms with Crippen LogP contribution < -0.4 is 19.6 Å². The van der Waals surface area contributed by atoms with Crippen LogP contribution in [0, 0.1) is 44.8 Å². The molecule has 0 saturated carbocycles. The van der Waals surface area contributed by atoms with Crippen molar-refractivity contribution in [2.75, 3.05) is 26.6 Å². The summed E-state index contributed by atoms with van der Waals surface area (Å²) in [4.78, 5) is 8.64. The van der Waals surface area contributed by atoms with E-state index in [1.54, 1.807) is 4.68 Å². The minimum absolute atomic E-state index is 0. The normalized spacial score (nSPS) is 11.9. The number of benzene rings is 7. The van der Waals surface area contributed by atoms with Crippen LogP contribution in [0.4, 0.5) is 39.8 Å². The predicted octanol–water partition coefficient (Wildman–Crippen LogP) is 12.0. The second kappa shape index (κ2) is 22.6. The first-order chi connectivity index (χ1) is 30.0. The minimum atomic E-state index is 0. The SMILES string of the molecule is CN1[CH-]N(c2[c-]cccc2)c2ccccc21.Cc1[c-]nn(-c2ccccc2)c1.Cn1cc(-c2ccccc2)[c-]n1.[Pt].[Pt].[c-]1ccccc1N1[CH-]N(c2ccccc2)c2ccccc21. The molecule has 7 aromatic carbocycles. The van der Waals surface area contributed by atoms with Crippen LogP contribution in [-0.2, 0) is 49.2 Å². The topological polar surface area (TPSA) is 48.6 Å². The number of hydrogen-bond donors (Lipinski definition) is 0. The first-order valence-electron chi connectivity index (χ1n) is 19.9. The Bertz CT molecular complexity index is 2570. The van der Waals surface area contributed by atoms with E-state index >= 15 is 0 Å². The zero-order chi connectivity index (χ0) is 41.8. The molecule has 0 saturated heterocycles. The maximum atomic E-state index is 4.08. The van der Waals surface area contributed by atoms with E-state index in [9.17, 15) is 0 Å². The van der Waals surface area contributed by atoms with Gasteiger partial charge in [0.2, 0.25) is 0 Å². The van der Waals surface area contributed by atoms with Crippen LogP contribution >= 0.6 is 0 Å². The Kier molecular flexibility index (Phi) is 16.5. The van der Waals surface area contributed by atoms with Gasteiger partial charge in [0.05, 0.1) is 0 Å². The van der Waals surface area contributed by atoms with E-state index in [1.165, 1.54) is 22.7 Å². The molecular formula is C53H44N8Pt2-6. The van der Waals surface area contributed by atoms with Crippen LogP contribution in [-0.4, -0.2) is 26.6 Å². The number of aromatic nitrogens is 4. The Morgan fingerprint density at radius 1 is 0.444 bits per heavy atom. The fourth-order valence-corrected chi connectivity index (χ4v) is 6.84. The summed E-state index contributed by atoms with van der Waals surface area (Å²) in [6.45, 7) is 6.18. The van der Waals surface area contributed by atoms with Gasteiger partial charge in [0.25, 0.3) is 0 Å². The number of fused-ring (bicyclic) bond motifs is 2. The molecule has 11 rings (SSSR count). The van der Waals surface area contributed by atoms with Gasteiger partial charge in [0, 0.05) is 83.3 Å². The van der Waals surface area contributed by atoms with E-state index < -0.39 is 0 Å². The quantitative estimate of drug-likeness (QED) is 0.160. The third-order valence-corrected chi connectivity index (χ3v) is 9.78. The van der Waals surface area contributed by atoms with Gasteiger partial charge in [-0.2, -0.15) is 72.9 Å². The second-order valence-corrected chi connectivity index (χ2v) is 14.2. The van der Waals surface area contributed by atoms with E-state index in [4.69, 9.17) is 0 Å². The van der Waals surface area contributed by atoms with Crippen molar-refractivity contribution in [2.24, 2.45) is 7.05 Å². The van der Waals surface area contributed by atoms with Crippen molar-refractivity contribution in [2.45, 2.75) is 6.92 Å². The van der Waals surface area contributed by atoms with Gasteiger partial charge < -0.3 is 34.1 Å². The van der Waals surface area contributed by atoms with Crippen LogP contribution in [0.2, 0.25) is 0 Å². The summed E-state index contributed by atoms with van der Waals surface area (Å²) < 4.78 is 3.57. The van der Waals surface area contributed by atoms with Gasteiger partial charge in [0.1, 0.15) is 0 Å². The first kappa shape index (κ1) is 46.0. The second-order valence-electron chi connectivity index (χ2n) is 14.2. The molecule has 0 N–H and O–H groups in total. The van der Waals surface area contributed by atoms with Crippen LogP contribution in [0.1, 0.15) is 5.56 Å². The Hall–Kier alpha value is -6.46. The summed E-state index contributed by atoms with van der Waals surface area (Å²) in [5.74, 6) is 0. The molecule has 9 aromatic rings. The molecule has 0 radical (unpaired) electrons. The van der Waals surface area contributed by atoms with Gasteiger partial charge in [-0.3, -0.25) is 5.10 Å². The molecule has 2 aromatic heterocycles.